The lowest BCUT2D eigenvalue weighted by molar-refractivity contribution is -0.0300. The number of carbonyl (C=O) groups excluding carboxylic acids is 1. The maximum Gasteiger partial charge on any atom is 0.273 e. The largest absolute Gasteiger partial charge is 0.388 e. The summed E-state index contributed by atoms with van der Waals surface area (Å²) >= 11 is 0. The molecule has 2 aromatic rings. The first kappa shape index (κ1) is 12.8. The normalized spacial score (nSPS) is 16.4. The zero-order valence-electron chi connectivity index (χ0n) is 11.0. The summed E-state index contributed by atoms with van der Waals surface area (Å²) in [5, 5.41) is 20.4. The van der Waals surface area contributed by atoms with Crippen molar-refractivity contribution in [3.05, 3.63) is 42.2 Å². The summed E-state index contributed by atoms with van der Waals surface area (Å²) in [6.07, 6.45) is 4.07. The molecule has 1 saturated carbocycles. The van der Waals surface area contributed by atoms with E-state index in [0.29, 0.717) is 0 Å². The Morgan fingerprint density at radius 2 is 2.10 bits per heavy atom. The lowest BCUT2D eigenvalue weighted by atomic mass is 9.80. The summed E-state index contributed by atoms with van der Waals surface area (Å²) < 4.78 is 1.55. The van der Waals surface area contributed by atoms with Gasteiger partial charge in [-0.2, -0.15) is 0 Å². The number of carbonyl (C=O) groups is 1. The fourth-order valence-corrected chi connectivity index (χ4v) is 2.17. The number of aliphatic hydroxyl groups is 1. The molecule has 0 saturated heterocycles. The summed E-state index contributed by atoms with van der Waals surface area (Å²) in [5.74, 6) is -0.312. The van der Waals surface area contributed by atoms with Gasteiger partial charge < -0.3 is 10.4 Å². The molecule has 0 aliphatic heterocycles. The van der Waals surface area contributed by atoms with Crippen LogP contribution < -0.4 is 5.32 Å². The molecule has 1 fully saturated rings. The number of amides is 1. The fraction of sp³-hybridized carbons (Fsp3) is 0.357. The second-order valence-electron chi connectivity index (χ2n) is 5.14. The molecule has 2 N–H and O–H groups in total. The highest BCUT2D eigenvalue weighted by Gasteiger charge is 2.34. The summed E-state index contributed by atoms with van der Waals surface area (Å²) in [4.78, 5) is 11.9. The van der Waals surface area contributed by atoms with Gasteiger partial charge >= 0.3 is 0 Å². The van der Waals surface area contributed by atoms with Gasteiger partial charge in [0, 0.05) is 6.54 Å². The van der Waals surface area contributed by atoms with Gasteiger partial charge in [-0.05, 0) is 31.4 Å². The third-order valence-electron chi connectivity index (χ3n) is 3.61. The van der Waals surface area contributed by atoms with Crippen LogP contribution in [0.1, 0.15) is 29.8 Å². The van der Waals surface area contributed by atoms with E-state index in [2.05, 4.69) is 15.6 Å². The van der Waals surface area contributed by atoms with Crippen LogP contribution in [0.4, 0.5) is 0 Å². The minimum absolute atomic E-state index is 0.247. The highest BCUT2D eigenvalue weighted by molar-refractivity contribution is 5.91. The number of hydrogen-bond donors (Lipinski definition) is 2. The molecule has 6 nitrogen and oxygen atoms in total. The maximum atomic E-state index is 11.9. The molecule has 20 heavy (non-hydrogen) atoms. The van der Waals surface area contributed by atoms with Gasteiger partial charge in [-0.3, -0.25) is 4.79 Å². The van der Waals surface area contributed by atoms with Crippen LogP contribution in [0.2, 0.25) is 0 Å². The number of hydrogen-bond acceptors (Lipinski definition) is 4. The summed E-state index contributed by atoms with van der Waals surface area (Å²) in [6.45, 7) is 0.268. The molecule has 1 aliphatic rings. The van der Waals surface area contributed by atoms with Crippen LogP contribution in [0.25, 0.3) is 5.69 Å². The molecule has 0 bridgehead atoms. The summed E-state index contributed by atoms with van der Waals surface area (Å²) in [7, 11) is 0. The SMILES string of the molecule is O=C(NCC1(O)CCC1)c1cn(-c2ccccc2)nn1. The molecule has 1 amide bonds. The monoisotopic (exact) mass is 272 g/mol. The van der Waals surface area contributed by atoms with Gasteiger partial charge in [0.15, 0.2) is 5.69 Å². The molecule has 104 valence electrons. The molecule has 0 unspecified atom stereocenters. The predicted octanol–water partition coefficient (Wildman–Crippen LogP) is 0.912. The smallest absolute Gasteiger partial charge is 0.273 e. The topological polar surface area (TPSA) is 80.0 Å². The van der Waals surface area contributed by atoms with Gasteiger partial charge in [0.2, 0.25) is 0 Å². The van der Waals surface area contributed by atoms with E-state index in [-0.39, 0.29) is 18.1 Å². The van der Waals surface area contributed by atoms with Crippen molar-refractivity contribution in [3.8, 4) is 5.69 Å². The van der Waals surface area contributed by atoms with E-state index < -0.39 is 5.60 Å². The Balaban J connectivity index is 1.66. The number of nitrogens with one attached hydrogen (secondary N) is 1. The number of para-hydroxylation sites is 1. The van der Waals surface area contributed by atoms with E-state index in [1.807, 2.05) is 30.3 Å². The van der Waals surface area contributed by atoms with Crippen LogP contribution in [0.5, 0.6) is 0 Å². The van der Waals surface area contributed by atoms with Gasteiger partial charge in [-0.15, -0.1) is 5.10 Å². The molecular weight excluding hydrogens is 256 g/mol. The van der Waals surface area contributed by atoms with E-state index in [4.69, 9.17) is 0 Å². The Labute approximate surface area is 116 Å². The van der Waals surface area contributed by atoms with Gasteiger partial charge in [0.05, 0.1) is 17.5 Å². The molecule has 1 aliphatic carbocycles. The van der Waals surface area contributed by atoms with E-state index in [0.717, 1.165) is 24.9 Å². The fourth-order valence-electron chi connectivity index (χ4n) is 2.17. The average molecular weight is 272 g/mol. The Hall–Kier alpha value is -2.21. The van der Waals surface area contributed by atoms with Crippen LogP contribution >= 0.6 is 0 Å². The lowest BCUT2D eigenvalue weighted by Gasteiger charge is -2.36. The van der Waals surface area contributed by atoms with Crippen molar-refractivity contribution in [2.75, 3.05) is 6.54 Å². The second kappa shape index (κ2) is 5.05. The maximum absolute atomic E-state index is 11.9. The molecular formula is C14H16N4O2. The number of rotatable bonds is 4. The third kappa shape index (κ3) is 2.55. The molecule has 0 spiro atoms. The minimum Gasteiger partial charge on any atom is -0.388 e. The van der Waals surface area contributed by atoms with Crippen molar-refractivity contribution in [2.45, 2.75) is 24.9 Å². The molecule has 1 aromatic carbocycles. The van der Waals surface area contributed by atoms with Gasteiger partial charge in [0.25, 0.3) is 5.91 Å². The Morgan fingerprint density at radius 3 is 2.75 bits per heavy atom. The van der Waals surface area contributed by atoms with E-state index in [1.54, 1.807) is 10.9 Å². The first-order valence-corrected chi connectivity index (χ1v) is 6.65. The minimum atomic E-state index is -0.731. The average Bonchev–Trinajstić information content (AvgIpc) is 2.93. The summed E-state index contributed by atoms with van der Waals surface area (Å²) in [6, 6.07) is 9.46. The first-order valence-electron chi connectivity index (χ1n) is 6.65. The number of nitrogens with zero attached hydrogens (tertiary/aromatic N) is 3. The predicted molar refractivity (Wildman–Crippen MR) is 72.5 cm³/mol. The molecule has 1 heterocycles. The first-order chi connectivity index (χ1) is 9.66. The molecule has 1 aromatic heterocycles. The quantitative estimate of drug-likeness (QED) is 0.867. The van der Waals surface area contributed by atoms with Crippen molar-refractivity contribution in [3.63, 3.8) is 0 Å². The van der Waals surface area contributed by atoms with Crippen molar-refractivity contribution in [1.29, 1.82) is 0 Å². The van der Waals surface area contributed by atoms with Gasteiger partial charge in [-0.1, -0.05) is 23.4 Å². The molecule has 6 heteroatoms. The zero-order valence-corrected chi connectivity index (χ0v) is 11.0. The van der Waals surface area contributed by atoms with Crippen LogP contribution in [0.15, 0.2) is 36.5 Å². The van der Waals surface area contributed by atoms with Crippen molar-refractivity contribution >= 4 is 5.91 Å². The van der Waals surface area contributed by atoms with Crippen molar-refractivity contribution in [1.82, 2.24) is 20.3 Å². The second-order valence-corrected chi connectivity index (χ2v) is 5.14. The van der Waals surface area contributed by atoms with Crippen LogP contribution in [0, 0.1) is 0 Å². The van der Waals surface area contributed by atoms with E-state index in [1.165, 1.54) is 0 Å². The Kier molecular flexibility index (Phi) is 3.23. The molecule has 0 atom stereocenters. The van der Waals surface area contributed by atoms with Gasteiger partial charge in [0.1, 0.15) is 0 Å². The Morgan fingerprint density at radius 1 is 1.35 bits per heavy atom. The number of benzene rings is 1. The molecule has 3 rings (SSSR count). The Bertz CT molecular complexity index is 605. The van der Waals surface area contributed by atoms with Crippen molar-refractivity contribution < 1.29 is 9.90 Å². The van der Waals surface area contributed by atoms with Gasteiger partial charge in [-0.25, -0.2) is 4.68 Å². The highest BCUT2D eigenvalue weighted by atomic mass is 16.3. The highest BCUT2D eigenvalue weighted by Crippen LogP contribution is 2.30. The zero-order chi connectivity index (χ0) is 14.0. The lowest BCUT2D eigenvalue weighted by Crippen LogP contribution is -2.47. The van der Waals surface area contributed by atoms with Crippen LogP contribution in [-0.4, -0.2) is 38.2 Å². The van der Waals surface area contributed by atoms with Crippen LogP contribution in [0.3, 0.4) is 0 Å². The van der Waals surface area contributed by atoms with E-state index in [9.17, 15) is 9.90 Å². The van der Waals surface area contributed by atoms with E-state index >= 15 is 0 Å². The third-order valence-corrected chi connectivity index (χ3v) is 3.61. The number of aromatic nitrogens is 3. The van der Waals surface area contributed by atoms with Crippen LogP contribution in [-0.2, 0) is 0 Å². The standard InChI is InChI=1S/C14H16N4O2/c19-13(15-10-14(20)7-4-8-14)12-9-18(17-16-12)11-5-2-1-3-6-11/h1-3,5-6,9,20H,4,7-8,10H2,(H,15,19). The molecule has 0 radical (unpaired) electrons. The van der Waals surface area contributed by atoms with Crippen molar-refractivity contribution in [2.24, 2.45) is 0 Å². The summed E-state index contributed by atoms with van der Waals surface area (Å²) in [5.41, 5.74) is 0.360.